The fourth-order valence-electron chi connectivity index (χ4n) is 7.83. The second-order valence-corrected chi connectivity index (χ2v) is 16.5. The number of fused-ring (bicyclic) bond motifs is 8. The maximum absolute atomic E-state index is 3.82. The smallest absolute Gasteiger partial charge is 0.108 e. The highest BCUT2D eigenvalue weighted by atomic mass is 35.5. The Labute approximate surface area is 342 Å². The Morgan fingerprint density at radius 1 is 0.393 bits per heavy atom. The van der Waals surface area contributed by atoms with E-state index in [2.05, 4.69) is 186 Å². The molecule has 4 aromatic heterocycles. The molecular weight excluding hydrogens is 706 g/mol. The average molecular weight is 767 g/mol. The van der Waals surface area contributed by atoms with E-state index in [4.69, 9.17) is 0 Å². The molecule has 0 radical (unpaired) electrons. The zero-order chi connectivity index (χ0) is 39.5. The number of aromatic amines is 4. The first kappa shape index (κ1) is 42.1. The van der Waals surface area contributed by atoms with E-state index in [-0.39, 0.29) is 23.2 Å². The van der Waals surface area contributed by atoms with Crippen LogP contribution in [0.25, 0.3) is 0 Å². The van der Waals surface area contributed by atoms with Crippen LogP contribution in [0.5, 0.6) is 0 Å². The predicted molar refractivity (Wildman–Crippen MR) is 229 cm³/mol. The van der Waals surface area contributed by atoms with Crippen molar-refractivity contribution < 1.29 is 16.9 Å². The molecule has 0 aliphatic carbocycles. The van der Waals surface area contributed by atoms with E-state index in [9.17, 15) is 0 Å². The van der Waals surface area contributed by atoms with Gasteiger partial charge in [0.15, 0.2) is 0 Å². The van der Waals surface area contributed by atoms with Gasteiger partial charge in [-0.25, -0.2) is 0 Å². The molecular formula is C50H60ClN5. The van der Waals surface area contributed by atoms with Crippen LogP contribution >= 0.6 is 0 Å². The lowest BCUT2D eigenvalue weighted by atomic mass is 9.83. The van der Waals surface area contributed by atoms with Crippen LogP contribution < -0.4 is 12.4 Å². The zero-order valence-corrected chi connectivity index (χ0v) is 35.8. The highest BCUT2D eigenvalue weighted by Crippen LogP contribution is 2.41. The fourth-order valence-corrected chi connectivity index (χ4v) is 7.83. The summed E-state index contributed by atoms with van der Waals surface area (Å²) in [6.45, 7) is 27.6. The molecule has 56 heavy (non-hydrogen) atoms. The minimum atomic E-state index is -0.608. The number of halogens is 1. The van der Waals surface area contributed by atoms with Crippen molar-refractivity contribution >= 4 is 0 Å². The van der Waals surface area contributed by atoms with Gasteiger partial charge in [0.1, 0.15) is 10.8 Å². The third-order valence-electron chi connectivity index (χ3n) is 12.7. The predicted octanol–water partition coefficient (Wildman–Crippen LogP) is 7.57. The average Bonchev–Trinajstić information content (AvgIpc) is 4.05. The summed E-state index contributed by atoms with van der Waals surface area (Å²) >= 11 is 0. The molecule has 0 unspecified atom stereocenters. The quantitative estimate of drug-likeness (QED) is 0.106. The first-order valence-electron chi connectivity index (χ1n) is 20.1. The van der Waals surface area contributed by atoms with Gasteiger partial charge in [-0.1, -0.05) is 60.1 Å². The first-order chi connectivity index (χ1) is 26.2. The number of rotatable bonds is 4. The number of hydrogen-bond acceptors (Lipinski definition) is 0. The van der Waals surface area contributed by atoms with Crippen LogP contribution in [-0.2, 0) is 21.7 Å². The first-order valence-corrected chi connectivity index (χ1v) is 20.1. The number of nitrogens with one attached hydrogen (secondary N) is 4. The van der Waals surface area contributed by atoms with E-state index in [1.54, 1.807) is 0 Å². The van der Waals surface area contributed by atoms with Crippen molar-refractivity contribution in [1.82, 2.24) is 19.9 Å². The molecule has 1 aliphatic rings. The van der Waals surface area contributed by atoms with Crippen molar-refractivity contribution in [2.45, 2.75) is 90.9 Å². The molecule has 0 atom stereocenters. The molecule has 292 valence electrons. The van der Waals surface area contributed by atoms with E-state index in [1.807, 2.05) is 36.4 Å². The number of nitrogens with zero attached hydrogens (tertiary/aromatic N) is 1. The Morgan fingerprint density at radius 2 is 0.643 bits per heavy atom. The zero-order valence-electron chi connectivity index (χ0n) is 35.0. The van der Waals surface area contributed by atoms with Gasteiger partial charge in [0, 0.05) is 67.5 Å². The summed E-state index contributed by atoms with van der Waals surface area (Å²) in [6.07, 6.45) is 0. The standard InChI is InChI=1S/C42H40N4.C8H20N.ClH/c1-39(2)31-17-21-35(43-31)41(5,27-25-29-13-9-7-10-14-29)37-23-19-33(45-37)40(3,4)34-20-24-38(46-34)42(6,36-22-18-32(39)44-36)28-26-30-15-11-8-12-16-30;1-5-9(6-2,7-3)8-4;/h7-24,43-46H,1-6H3;5-8H2,1-4H3;1H/q;+1;/p-1. The SMILES string of the molecule is CC1(C)c2ccc([nH]2)C(C)(C#Cc2ccccc2)c2ccc([nH]2)C(C)(C)c2ccc([nH]2)C(C)(C#Cc2ccccc2)c2ccc1[nH]2.CC[N+](CC)(CC)CC.[Cl-]. The van der Waals surface area contributed by atoms with Crippen molar-refractivity contribution in [3.8, 4) is 23.7 Å². The van der Waals surface area contributed by atoms with Gasteiger partial charge in [0.25, 0.3) is 0 Å². The van der Waals surface area contributed by atoms with Crippen LogP contribution in [-0.4, -0.2) is 50.6 Å². The molecule has 0 spiro atoms. The second-order valence-electron chi connectivity index (χ2n) is 16.5. The van der Waals surface area contributed by atoms with E-state index in [0.29, 0.717) is 0 Å². The maximum atomic E-state index is 3.82. The summed E-state index contributed by atoms with van der Waals surface area (Å²) in [5, 5.41) is 0. The Kier molecular flexibility index (Phi) is 12.5. The van der Waals surface area contributed by atoms with Gasteiger partial charge in [-0.3, -0.25) is 0 Å². The Morgan fingerprint density at radius 3 is 0.875 bits per heavy atom. The van der Waals surface area contributed by atoms with E-state index in [0.717, 1.165) is 56.7 Å². The largest absolute Gasteiger partial charge is 1.00 e. The normalized spacial score (nSPS) is 19.2. The monoisotopic (exact) mass is 765 g/mol. The van der Waals surface area contributed by atoms with Gasteiger partial charge in [0.05, 0.1) is 26.2 Å². The van der Waals surface area contributed by atoms with Gasteiger partial charge in [-0.15, -0.1) is 0 Å². The molecule has 0 saturated carbocycles. The molecule has 2 aromatic carbocycles. The fraction of sp³-hybridized carbons (Fsp3) is 0.360. The number of benzene rings is 2. The molecule has 6 heteroatoms. The van der Waals surface area contributed by atoms with Crippen LogP contribution in [0.15, 0.2) is 109 Å². The minimum Gasteiger partial charge on any atom is -1.00 e. The topological polar surface area (TPSA) is 63.2 Å². The summed E-state index contributed by atoms with van der Waals surface area (Å²) in [4.78, 5) is 15.3. The van der Waals surface area contributed by atoms with Crippen LogP contribution in [0.1, 0.15) is 126 Å². The van der Waals surface area contributed by atoms with Gasteiger partial charge in [-0.05, 0) is 142 Å². The summed E-state index contributed by atoms with van der Waals surface area (Å²) in [7, 11) is 0. The van der Waals surface area contributed by atoms with E-state index in [1.165, 1.54) is 30.7 Å². The summed E-state index contributed by atoms with van der Waals surface area (Å²) in [6, 6.07) is 38.0. The molecule has 4 N–H and O–H groups in total. The van der Waals surface area contributed by atoms with Gasteiger partial charge in [-0.2, -0.15) is 0 Å². The molecule has 0 fully saturated rings. The molecule has 5 nitrogen and oxygen atoms in total. The summed E-state index contributed by atoms with van der Waals surface area (Å²) < 4.78 is 1.28. The second kappa shape index (κ2) is 16.6. The lowest BCUT2D eigenvalue weighted by molar-refractivity contribution is -0.921. The van der Waals surface area contributed by atoms with Crippen LogP contribution in [0.4, 0.5) is 0 Å². The van der Waals surface area contributed by atoms with Crippen LogP contribution in [0.3, 0.4) is 0 Å². The van der Waals surface area contributed by atoms with Crippen molar-refractivity contribution in [2.75, 3.05) is 26.2 Å². The van der Waals surface area contributed by atoms with Gasteiger partial charge in [0.2, 0.25) is 0 Å². The number of quaternary nitrogens is 1. The van der Waals surface area contributed by atoms with Gasteiger partial charge < -0.3 is 36.8 Å². The summed E-state index contributed by atoms with van der Waals surface area (Å²) in [5.74, 6) is 14.2. The highest BCUT2D eigenvalue weighted by molar-refractivity contribution is 5.52. The van der Waals surface area contributed by atoms with Crippen LogP contribution in [0.2, 0.25) is 0 Å². The third-order valence-corrected chi connectivity index (χ3v) is 12.7. The summed E-state index contributed by atoms with van der Waals surface area (Å²) in [5.41, 5.74) is 8.74. The molecule has 5 heterocycles. The molecule has 0 amide bonds. The lowest BCUT2D eigenvalue weighted by Crippen LogP contribution is -3.00. The van der Waals surface area contributed by atoms with E-state index < -0.39 is 10.8 Å². The molecule has 7 rings (SSSR count). The lowest BCUT2D eigenvalue weighted by Gasteiger charge is -2.34. The highest BCUT2D eigenvalue weighted by Gasteiger charge is 2.38. The Bertz CT molecular complexity index is 2060. The van der Waals surface area contributed by atoms with Crippen molar-refractivity contribution in [2.24, 2.45) is 0 Å². The van der Waals surface area contributed by atoms with E-state index >= 15 is 0 Å². The Balaban J connectivity index is 0.000000537. The number of H-pyrrole nitrogens is 4. The van der Waals surface area contributed by atoms with Crippen LogP contribution in [0, 0.1) is 23.7 Å². The molecule has 8 bridgehead atoms. The molecule has 1 aliphatic heterocycles. The van der Waals surface area contributed by atoms with Crippen molar-refractivity contribution in [3.05, 3.63) is 166 Å². The molecule has 0 saturated heterocycles. The third kappa shape index (κ3) is 7.95. The minimum absolute atomic E-state index is 0. The number of aromatic nitrogens is 4. The van der Waals surface area contributed by atoms with Gasteiger partial charge >= 0.3 is 0 Å². The van der Waals surface area contributed by atoms with Crippen molar-refractivity contribution in [1.29, 1.82) is 0 Å². The number of hydrogen-bond donors (Lipinski definition) is 4. The van der Waals surface area contributed by atoms with Crippen molar-refractivity contribution in [3.63, 3.8) is 0 Å². The Hall–Kier alpha value is -5.07. The molecule has 6 aromatic rings. The maximum Gasteiger partial charge on any atom is 0.108 e.